The van der Waals surface area contributed by atoms with E-state index in [1.807, 2.05) is 17.8 Å². The molecule has 4 heterocycles. The van der Waals surface area contributed by atoms with E-state index in [0.717, 1.165) is 132 Å². The number of unbranched alkanes of at least 4 members (excludes halogenated alkanes) is 1. The van der Waals surface area contributed by atoms with Crippen LogP contribution in [0.15, 0.2) is 105 Å². The van der Waals surface area contributed by atoms with Crippen LogP contribution < -0.4 is 20.4 Å². The summed E-state index contributed by atoms with van der Waals surface area (Å²) in [7, 11) is 4.08. The molecular formula is C56H75N9. The molecule has 344 valence electrons. The van der Waals surface area contributed by atoms with Crippen molar-refractivity contribution in [1.29, 1.82) is 0 Å². The van der Waals surface area contributed by atoms with Crippen molar-refractivity contribution in [3.63, 3.8) is 0 Å². The first-order valence-corrected chi connectivity index (χ1v) is 24.2. The quantitative estimate of drug-likeness (QED) is 0.0470. The number of allylic oxidation sites excluding steroid dienone is 2. The monoisotopic (exact) mass is 874 g/mol. The van der Waals surface area contributed by atoms with Gasteiger partial charge in [0.15, 0.2) is 0 Å². The van der Waals surface area contributed by atoms with Gasteiger partial charge in [0.05, 0.1) is 16.9 Å². The maximum absolute atomic E-state index is 5.18. The van der Waals surface area contributed by atoms with Crippen LogP contribution in [0.4, 0.5) is 11.5 Å². The van der Waals surface area contributed by atoms with E-state index in [9.17, 15) is 0 Å². The molecule has 9 nitrogen and oxygen atoms in total. The van der Waals surface area contributed by atoms with E-state index >= 15 is 0 Å². The molecule has 1 atom stereocenters. The molecule has 7 rings (SSSR count). The minimum Gasteiger partial charge on any atom is -0.390 e. The fourth-order valence-electron chi connectivity index (χ4n) is 10.1. The molecule has 3 aromatic carbocycles. The minimum atomic E-state index is 0.250. The first-order chi connectivity index (χ1) is 31.7. The second-order valence-corrected chi connectivity index (χ2v) is 18.2. The lowest BCUT2D eigenvalue weighted by Crippen LogP contribution is -2.47. The Labute approximate surface area is 390 Å². The second-order valence-electron chi connectivity index (χ2n) is 18.2. The molecule has 0 amide bonds. The lowest BCUT2D eigenvalue weighted by Gasteiger charge is -2.35. The van der Waals surface area contributed by atoms with Gasteiger partial charge in [0.2, 0.25) is 0 Å². The third kappa shape index (κ3) is 11.7. The smallest absolute Gasteiger partial charge is 0.129 e. The fraction of sp³-hybridized carbons (Fsp3) is 0.429. The Kier molecular flexibility index (Phi) is 16.9. The SMILES string of the molecule is C=CNCCN(CCCN1CCN(CCCCc2cccc(-c3ccc(N4CCc5cccc(C(=C)C)c5C4)nc3C=C)c2C)CC1)c1ccc2c(C(C=C)CCCNC)nn(C)c2c1. The first-order valence-electron chi connectivity index (χ1n) is 24.2. The van der Waals surface area contributed by atoms with Crippen LogP contribution >= 0.6 is 0 Å². The Morgan fingerprint density at radius 2 is 1.65 bits per heavy atom. The number of hydrogen-bond acceptors (Lipinski definition) is 8. The lowest BCUT2D eigenvalue weighted by molar-refractivity contribution is 0.130. The number of nitrogens with one attached hydrogen (secondary N) is 2. The number of piperazine rings is 1. The highest BCUT2D eigenvalue weighted by molar-refractivity contribution is 5.86. The summed E-state index contributed by atoms with van der Waals surface area (Å²) in [5.74, 6) is 1.26. The van der Waals surface area contributed by atoms with E-state index in [4.69, 9.17) is 10.1 Å². The molecule has 1 fully saturated rings. The highest BCUT2D eigenvalue weighted by Gasteiger charge is 2.23. The molecule has 0 radical (unpaired) electrons. The van der Waals surface area contributed by atoms with E-state index in [1.165, 1.54) is 69.4 Å². The van der Waals surface area contributed by atoms with Gasteiger partial charge in [-0.05, 0) is 161 Å². The number of rotatable bonds is 24. The second kappa shape index (κ2) is 23.1. The number of aryl methyl sites for hydroxylation is 2. The van der Waals surface area contributed by atoms with E-state index in [2.05, 4.69) is 150 Å². The summed E-state index contributed by atoms with van der Waals surface area (Å²) >= 11 is 0. The van der Waals surface area contributed by atoms with Crippen LogP contribution in [0.1, 0.15) is 84.2 Å². The predicted molar refractivity (Wildman–Crippen MR) is 278 cm³/mol. The van der Waals surface area contributed by atoms with Crippen molar-refractivity contribution in [2.75, 3.05) is 88.8 Å². The highest BCUT2D eigenvalue weighted by atomic mass is 15.3. The zero-order valence-corrected chi connectivity index (χ0v) is 40.1. The van der Waals surface area contributed by atoms with Gasteiger partial charge in [-0.3, -0.25) is 4.68 Å². The third-order valence-corrected chi connectivity index (χ3v) is 13.9. The van der Waals surface area contributed by atoms with Gasteiger partial charge in [0.1, 0.15) is 5.82 Å². The predicted octanol–water partition coefficient (Wildman–Crippen LogP) is 10.0. The number of anilines is 2. The first kappa shape index (κ1) is 47.5. The Morgan fingerprint density at radius 3 is 2.38 bits per heavy atom. The Balaban J connectivity index is 0.874. The molecule has 2 N–H and O–H groups in total. The van der Waals surface area contributed by atoms with Gasteiger partial charge in [-0.15, -0.1) is 6.58 Å². The maximum atomic E-state index is 5.18. The third-order valence-electron chi connectivity index (χ3n) is 13.9. The maximum Gasteiger partial charge on any atom is 0.129 e. The molecular weight excluding hydrogens is 799 g/mol. The van der Waals surface area contributed by atoms with Gasteiger partial charge in [0.25, 0.3) is 0 Å². The fourth-order valence-corrected chi connectivity index (χ4v) is 10.1. The van der Waals surface area contributed by atoms with Gasteiger partial charge in [-0.1, -0.05) is 67.8 Å². The molecule has 1 saturated heterocycles. The van der Waals surface area contributed by atoms with Crippen LogP contribution in [0.5, 0.6) is 0 Å². The van der Waals surface area contributed by atoms with Gasteiger partial charge >= 0.3 is 0 Å². The van der Waals surface area contributed by atoms with Crippen LogP contribution in [0.2, 0.25) is 0 Å². The summed E-state index contributed by atoms with van der Waals surface area (Å²) in [6.45, 7) is 33.3. The van der Waals surface area contributed by atoms with Gasteiger partial charge in [-0.2, -0.15) is 5.10 Å². The molecule has 0 bridgehead atoms. The molecule has 0 aliphatic carbocycles. The summed E-state index contributed by atoms with van der Waals surface area (Å²) < 4.78 is 2.05. The molecule has 0 spiro atoms. The summed E-state index contributed by atoms with van der Waals surface area (Å²) in [4.78, 5) is 15.4. The largest absolute Gasteiger partial charge is 0.390 e. The summed E-state index contributed by atoms with van der Waals surface area (Å²) in [6, 6.07) is 24.8. The van der Waals surface area contributed by atoms with Crippen LogP contribution in [-0.2, 0) is 26.4 Å². The highest BCUT2D eigenvalue weighted by Crippen LogP contribution is 2.35. The Bertz CT molecular complexity index is 2400. The Morgan fingerprint density at radius 1 is 0.862 bits per heavy atom. The topological polar surface area (TPSA) is 67.7 Å². The summed E-state index contributed by atoms with van der Waals surface area (Å²) in [5.41, 5.74) is 14.9. The van der Waals surface area contributed by atoms with E-state index < -0.39 is 0 Å². The molecule has 0 saturated carbocycles. The van der Waals surface area contributed by atoms with E-state index in [1.54, 1.807) is 6.20 Å². The zero-order valence-electron chi connectivity index (χ0n) is 40.1. The van der Waals surface area contributed by atoms with Crippen molar-refractivity contribution >= 4 is 34.1 Å². The average molecular weight is 874 g/mol. The molecule has 9 heteroatoms. The molecule has 2 aliphatic heterocycles. The van der Waals surface area contributed by atoms with Crippen LogP contribution in [0.3, 0.4) is 0 Å². The summed E-state index contributed by atoms with van der Waals surface area (Å²) in [5, 5.41) is 12.8. The lowest BCUT2D eigenvalue weighted by atomic mass is 9.91. The minimum absolute atomic E-state index is 0.250. The van der Waals surface area contributed by atoms with Crippen LogP contribution in [-0.4, -0.2) is 104 Å². The van der Waals surface area contributed by atoms with Crippen LogP contribution in [0.25, 0.3) is 33.7 Å². The molecule has 5 aromatic rings. The normalized spacial score (nSPS) is 14.9. The molecule has 2 aromatic heterocycles. The number of aromatic nitrogens is 3. The average Bonchev–Trinajstić information content (AvgIpc) is 3.66. The van der Waals surface area contributed by atoms with Gasteiger partial charge in [-0.25, -0.2) is 4.98 Å². The van der Waals surface area contributed by atoms with Gasteiger partial charge in [0, 0.05) is 88.5 Å². The molecule has 1 unspecified atom stereocenters. The number of hydrogen-bond donors (Lipinski definition) is 2. The van der Waals surface area contributed by atoms with Crippen molar-refractivity contribution in [3.05, 3.63) is 145 Å². The Hall–Kier alpha value is -5.48. The van der Waals surface area contributed by atoms with Gasteiger partial charge < -0.3 is 30.2 Å². The van der Waals surface area contributed by atoms with E-state index in [-0.39, 0.29) is 5.92 Å². The van der Waals surface area contributed by atoms with Crippen molar-refractivity contribution in [2.24, 2.45) is 7.05 Å². The molecule has 2 aliphatic rings. The van der Waals surface area contributed by atoms with E-state index in [0.29, 0.717) is 0 Å². The number of fused-ring (bicyclic) bond motifs is 2. The number of pyridine rings is 1. The number of benzene rings is 3. The molecule has 65 heavy (non-hydrogen) atoms. The standard InChI is InChI=1S/C56H75N9/c1-9-44(21-16-29-57-7)56-51-25-24-47(40-54(51)61(8)60-56)64(35-30-58-11-3)33-17-32-63-38-36-62(37-39-63)31-13-12-18-45-19-14-23-49(43(45)6)50-26-27-55(59-53(50)10-2)65-34-28-46-20-15-22-48(42(4)5)52(46)41-65/h9-11,14-15,19-20,22-27,40,44,57-58H,1-4,12-13,16-18,21,28-39,41H2,5-8H3. The van der Waals surface area contributed by atoms with Crippen molar-refractivity contribution < 1.29 is 0 Å². The van der Waals surface area contributed by atoms with Crippen molar-refractivity contribution in [2.45, 2.75) is 71.3 Å². The number of nitrogens with zero attached hydrogens (tertiary/aromatic N) is 7. The van der Waals surface area contributed by atoms with Crippen molar-refractivity contribution in [3.8, 4) is 11.1 Å². The summed E-state index contributed by atoms with van der Waals surface area (Å²) in [6.07, 6.45) is 13.6. The van der Waals surface area contributed by atoms with Crippen LogP contribution in [0, 0.1) is 6.92 Å². The van der Waals surface area contributed by atoms with Crippen molar-refractivity contribution in [1.82, 2.24) is 35.2 Å². The zero-order chi connectivity index (χ0) is 45.7.